The van der Waals surface area contributed by atoms with Crippen LogP contribution in [0.25, 0.3) is 5.65 Å². The molecule has 0 aromatic carbocycles. The number of methoxy groups -OCH3 is 1. The Morgan fingerprint density at radius 3 is 2.76 bits per heavy atom. The number of nitrogens with zero attached hydrogens (tertiary/aromatic N) is 4. The van der Waals surface area contributed by atoms with E-state index >= 15 is 0 Å². The number of pyridine rings is 1. The number of carbonyl (C=O) groups excluding carboxylic acids is 1. The average Bonchev–Trinajstić information content (AvgIpc) is 3.15. The maximum absolute atomic E-state index is 13.2. The number of nitrogens with one attached hydrogen (secondary N) is 3. The molecule has 3 aromatic heterocycles. The Balaban J connectivity index is 1.30. The molecule has 3 aromatic rings. The summed E-state index contributed by atoms with van der Waals surface area (Å²) >= 11 is 0. The van der Waals surface area contributed by atoms with Gasteiger partial charge in [0.1, 0.15) is 5.69 Å². The molecule has 6 rings (SSSR count). The van der Waals surface area contributed by atoms with Crippen molar-refractivity contribution in [2.75, 3.05) is 38.0 Å². The molecule has 3 N–H and O–H groups in total. The highest BCUT2D eigenvalue weighted by atomic mass is 16.5. The van der Waals surface area contributed by atoms with E-state index in [4.69, 9.17) is 9.47 Å². The van der Waals surface area contributed by atoms with E-state index in [1.54, 1.807) is 30.9 Å². The van der Waals surface area contributed by atoms with Crippen LogP contribution >= 0.6 is 0 Å². The number of aromatic nitrogens is 4. The fourth-order valence-electron chi connectivity index (χ4n) is 5.13. The lowest BCUT2D eigenvalue weighted by molar-refractivity contribution is 0.00718. The number of rotatable bonds is 7. The van der Waals surface area contributed by atoms with Crippen molar-refractivity contribution in [2.24, 2.45) is 11.8 Å². The van der Waals surface area contributed by atoms with Gasteiger partial charge in [-0.2, -0.15) is 0 Å². The third-order valence-electron chi connectivity index (χ3n) is 7.27. The van der Waals surface area contributed by atoms with Gasteiger partial charge in [-0.05, 0) is 25.0 Å². The van der Waals surface area contributed by atoms with Crippen molar-refractivity contribution in [3.8, 4) is 0 Å². The Labute approximate surface area is 195 Å². The summed E-state index contributed by atoms with van der Waals surface area (Å²) in [6.07, 6.45) is 5.16. The Morgan fingerprint density at radius 2 is 2.06 bits per heavy atom. The summed E-state index contributed by atoms with van der Waals surface area (Å²) in [4.78, 5) is 30.5. The van der Waals surface area contributed by atoms with Crippen molar-refractivity contribution in [3.05, 3.63) is 46.6 Å². The molecule has 0 spiro atoms. The van der Waals surface area contributed by atoms with E-state index < -0.39 is 0 Å². The minimum Gasteiger partial charge on any atom is -0.385 e. The zero-order valence-corrected chi connectivity index (χ0v) is 19.0. The third kappa shape index (κ3) is 3.34. The molecule has 4 heterocycles. The predicted octanol–water partition coefficient (Wildman–Crippen LogP) is 1.40. The number of imidazole rings is 1. The van der Waals surface area contributed by atoms with Crippen molar-refractivity contribution in [1.82, 2.24) is 24.5 Å². The number of ether oxygens (including phenoxy) is 2. The lowest BCUT2D eigenvalue weighted by Gasteiger charge is -2.35. The summed E-state index contributed by atoms with van der Waals surface area (Å²) in [5.74, 6) is 0.990. The molecular formula is C23H27N7O4. The van der Waals surface area contributed by atoms with Crippen LogP contribution in [-0.4, -0.2) is 64.6 Å². The second kappa shape index (κ2) is 8.10. The van der Waals surface area contributed by atoms with Crippen molar-refractivity contribution in [2.45, 2.75) is 31.0 Å². The van der Waals surface area contributed by atoms with E-state index in [-0.39, 0.29) is 29.7 Å². The summed E-state index contributed by atoms with van der Waals surface area (Å²) in [6.45, 7) is 1.42. The van der Waals surface area contributed by atoms with Crippen LogP contribution in [0.5, 0.6) is 0 Å². The molecule has 5 atom stereocenters. The first kappa shape index (κ1) is 21.1. The van der Waals surface area contributed by atoms with Gasteiger partial charge in [0.15, 0.2) is 17.2 Å². The molecule has 34 heavy (non-hydrogen) atoms. The van der Waals surface area contributed by atoms with Gasteiger partial charge in [0.2, 0.25) is 0 Å². The van der Waals surface area contributed by atoms with Gasteiger partial charge in [0.25, 0.3) is 11.5 Å². The van der Waals surface area contributed by atoms with E-state index in [1.807, 2.05) is 12.3 Å². The van der Waals surface area contributed by atoms with Gasteiger partial charge in [0, 0.05) is 44.3 Å². The fourth-order valence-corrected chi connectivity index (χ4v) is 5.13. The number of amides is 1. The Bertz CT molecular complexity index is 1310. The molecule has 1 amide bonds. The predicted molar refractivity (Wildman–Crippen MR) is 125 cm³/mol. The van der Waals surface area contributed by atoms with E-state index in [1.165, 1.54) is 10.7 Å². The molecule has 11 heteroatoms. The standard InChI is InChI=1S/C23H27N7O4/c1-24-16-8-19(26-15-4-3-7-29(23(15)32)20-12-10-34-11-13(12)20)28-30-17(9-25-21(16)30)22(31)27-14-5-6-18(14)33-2/h3-4,7-9,12-14,18,20,24H,5-6,10-11H2,1-2H3,(H,26,28)(H,27,31)/t12-,13+,14?,18?,20-. The Morgan fingerprint density at radius 1 is 1.24 bits per heavy atom. The van der Waals surface area contributed by atoms with E-state index in [0.717, 1.165) is 12.8 Å². The number of hydrogen-bond donors (Lipinski definition) is 3. The van der Waals surface area contributed by atoms with Crippen LogP contribution < -0.4 is 21.5 Å². The van der Waals surface area contributed by atoms with Gasteiger partial charge < -0.3 is 30.0 Å². The molecule has 1 aliphatic heterocycles. The third-order valence-corrected chi connectivity index (χ3v) is 7.27. The molecule has 2 unspecified atom stereocenters. The Kier molecular flexibility index (Phi) is 5.03. The minimum atomic E-state index is -0.268. The molecule has 178 valence electrons. The number of fused-ring (bicyclic) bond motifs is 2. The van der Waals surface area contributed by atoms with Gasteiger partial charge in [-0.25, -0.2) is 9.50 Å². The van der Waals surface area contributed by atoms with Gasteiger partial charge in [-0.15, -0.1) is 5.10 Å². The quantitative estimate of drug-likeness (QED) is 0.478. The maximum atomic E-state index is 13.2. The number of anilines is 3. The monoisotopic (exact) mass is 465 g/mol. The van der Waals surface area contributed by atoms with Crippen LogP contribution in [-0.2, 0) is 9.47 Å². The van der Waals surface area contributed by atoms with Crippen LogP contribution in [0, 0.1) is 11.8 Å². The van der Waals surface area contributed by atoms with E-state index in [2.05, 4.69) is 26.0 Å². The van der Waals surface area contributed by atoms with E-state index in [9.17, 15) is 9.59 Å². The minimum absolute atomic E-state index is 0.0248. The summed E-state index contributed by atoms with van der Waals surface area (Å²) in [6, 6.07) is 5.53. The van der Waals surface area contributed by atoms with Crippen LogP contribution in [0.2, 0.25) is 0 Å². The maximum Gasteiger partial charge on any atom is 0.274 e. The zero-order chi connectivity index (χ0) is 23.4. The summed E-state index contributed by atoms with van der Waals surface area (Å²) in [5, 5.41) is 13.8. The molecule has 2 saturated carbocycles. The first-order valence-electron chi connectivity index (χ1n) is 11.5. The highest BCUT2D eigenvalue weighted by Crippen LogP contribution is 2.53. The van der Waals surface area contributed by atoms with Gasteiger partial charge in [0.05, 0.1) is 37.2 Å². The topological polar surface area (TPSA) is 124 Å². The van der Waals surface area contributed by atoms with Crippen LogP contribution in [0.4, 0.5) is 17.2 Å². The van der Waals surface area contributed by atoms with Crippen molar-refractivity contribution < 1.29 is 14.3 Å². The molecule has 1 saturated heterocycles. The lowest BCUT2D eigenvalue weighted by Crippen LogP contribution is -2.51. The molecule has 3 fully saturated rings. The van der Waals surface area contributed by atoms with Gasteiger partial charge in [-0.1, -0.05) is 0 Å². The summed E-state index contributed by atoms with van der Waals surface area (Å²) < 4.78 is 14.1. The smallest absolute Gasteiger partial charge is 0.274 e. The van der Waals surface area contributed by atoms with Crippen molar-refractivity contribution in [3.63, 3.8) is 0 Å². The fraction of sp³-hybridized carbons (Fsp3) is 0.478. The second-order valence-corrected chi connectivity index (χ2v) is 9.12. The van der Waals surface area contributed by atoms with Crippen LogP contribution in [0.3, 0.4) is 0 Å². The first-order chi connectivity index (χ1) is 16.6. The second-order valence-electron chi connectivity index (χ2n) is 9.12. The first-order valence-corrected chi connectivity index (χ1v) is 11.5. The lowest BCUT2D eigenvalue weighted by atomic mass is 9.89. The van der Waals surface area contributed by atoms with Gasteiger partial charge >= 0.3 is 0 Å². The van der Waals surface area contributed by atoms with Gasteiger partial charge in [-0.3, -0.25) is 9.59 Å². The molecular weight excluding hydrogens is 438 g/mol. The number of hydrogen-bond acceptors (Lipinski definition) is 8. The summed E-state index contributed by atoms with van der Waals surface area (Å²) in [5.41, 5.74) is 1.83. The van der Waals surface area contributed by atoms with Crippen molar-refractivity contribution >= 4 is 28.7 Å². The molecule has 2 aliphatic carbocycles. The normalized spacial score (nSPS) is 27.2. The molecule has 11 nitrogen and oxygen atoms in total. The highest BCUT2D eigenvalue weighted by Gasteiger charge is 2.55. The Hall–Kier alpha value is -3.44. The largest absolute Gasteiger partial charge is 0.385 e. The van der Waals surface area contributed by atoms with Crippen LogP contribution in [0.1, 0.15) is 29.4 Å². The summed E-state index contributed by atoms with van der Waals surface area (Å²) in [7, 11) is 3.42. The highest BCUT2D eigenvalue weighted by molar-refractivity contribution is 5.94. The average molecular weight is 466 g/mol. The molecule has 3 aliphatic rings. The molecule has 0 radical (unpaired) electrons. The van der Waals surface area contributed by atoms with E-state index in [0.29, 0.717) is 53.6 Å². The SMILES string of the molecule is CNc1cc(Nc2cccn([C@@H]3[C@@H]4COC[C@@H]43)c2=O)nn2c(C(=O)NC3CCC3OC)cnc12. The van der Waals surface area contributed by atoms with Crippen LogP contribution in [0.15, 0.2) is 35.4 Å². The van der Waals surface area contributed by atoms with Crippen molar-refractivity contribution in [1.29, 1.82) is 0 Å². The zero-order valence-electron chi connectivity index (χ0n) is 19.0. The number of carbonyl (C=O) groups is 1. The molecule has 0 bridgehead atoms.